The van der Waals surface area contributed by atoms with Crippen LogP contribution in [0.5, 0.6) is 0 Å². The van der Waals surface area contributed by atoms with Gasteiger partial charge in [-0.3, -0.25) is 9.59 Å². The number of nitrogens with zero attached hydrogens (tertiary/aromatic N) is 1. The fraction of sp³-hybridized carbons (Fsp3) is 0.214. The van der Waals surface area contributed by atoms with Gasteiger partial charge in [-0.15, -0.1) is 5.06 Å². The molecule has 2 rings (SSSR count). The molecule has 1 aromatic carbocycles. The SMILES string of the molecule is C/C(=C\c1ccc(Cl)cc1N)C(=O)ON1C(=O)CCC1=O. The second-order valence-corrected chi connectivity index (χ2v) is 5.00. The Morgan fingerprint density at radius 3 is 2.52 bits per heavy atom. The number of rotatable bonds is 3. The summed E-state index contributed by atoms with van der Waals surface area (Å²) >= 11 is 5.79. The number of anilines is 1. The predicted octanol–water partition coefficient (Wildman–Crippen LogP) is 1.93. The Balaban J connectivity index is 2.13. The highest BCUT2D eigenvalue weighted by molar-refractivity contribution is 6.30. The molecule has 0 atom stereocenters. The molecule has 1 aromatic rings. The molecule has 0 aliphatic carbocycles. The van der Waals surface area contributed by atoms with Crippen molar-refractivity contribution in [2.75, 3.05) is 5.73 Å². The molecule has 1 saturated heterocycles. The second-order valence-electron chi connectivity index (χ2n) is 4.56. The van der Waals surface area contributed by atoms with Crippen LogP contribution in [0, 0.1) is 0 Å². The number of nitrogens with two attached hydrogens (primary N) is 1. The van der Waals surface area contributed by atoms with E-state index in [0.29, 0.717) is 21.3 Å². The Hall–Kier alpha value is -2.34. The van der Waals surface area contributed by atoms with E-state index in [1.54, 1.807) is 18.2 Å². The molecule has 1 aliphatic rings. The first-order valence-electron chi connectivity index (χ1n) is 6.20. The van der Waals surface area contributed by atoms with Crippen molar-refractivity contribution in [3.63, 3.8) is 0 Å². The van der Waals surface area contributed by atoms with Crippen LogP contribution in [0.1, 0.15) is 25.3 Å². The smallest absolute Gasteiger partial charge is 0.359 e. The van der Waals surface area contributed by atoms with Crippen LogP contribution in [-0.2, 0) is 19.2 Å². The summed E-state index contributed by atoms with van der Waals surface area (Å²) in [6.45, 7) is 1.50. The number of hydroxylamine groups is 2. The normalized spacial score (nSPS) is 15.5. The zero-order valence-corrected chi connectivity index (χ0v) is 12.0. The number of halogens is 1. The molecular weight excluding hydrogens is 296 g/mol. The van der Waals surface area contributed by atoms with Gasteiger partial charge in [0.25, 0.3) is 11.8 Å². The second kappa shape index (κ2) is 5.97. The van der Waals surface area contributed by atoms with E-state index in [0.717, 1.165) is 0 Å². The van der Waals surface area contributed by atoms with Crippen LogP contribution in [0.15, 0.2) is 23.8 Å². The molecule has 0 aromatic heterocycles. The van der Waals surface area contributed by atoms with Crippen molar-refractivity contribution in [2.45, 2.75) is 19.8 Å². The number of carbonyl (C=O) groups excluding carboxylic acids is 3. The quantitative estimate of drug-likeness (QED) is 0.523. The molecule has 110 valence electrons. The molecule has 0 unspecified atom stereocenters. The highest BCUT2D eigenvalue weighted by atomic mass is 35.5. The van der Waals surface area contributed by atoms with Gasteiger partial charge in [-0.25, -0.2) is 4.79 Å². The standard InChI is InChI=1S/C14H13ClN2O4/c1-8(6-9-2-3-10(15)7-11(9)16)14(20)21-17-12(18)4-5-13(17)19/h2-3,6-7H,4-5,16H2,1H3/b8-6+. The molecule has 0 radical (unpaired) electrons. The van der Waals surface area contributed by atoms with Crippen molar-refractivity contribution in [1.82, 2.24) is 5.06 Å². The van der Waals surface area contributed by atoms with Crippen LogP contribution >= 0.6 is 11.6 Å². The Morgan fingerprint density at radius 1 is 1.33 bits per heavy atom. The number of hydrogen-bond donors (Lipinski definition) is 1. The molecule has 6 nitrogen and oxygen atoms in total. The van der Waals surface area contributed by atoms with E-state index < -0.39 is 17.8 Å². The first-order valence-corrected chi connectivity index (χ1v) is 6.57. The topological polar surface area (TPSA) is 89.7 Å². The van der Waals surface area contributed by atoms with E-state index in [-0.39, 0.29) is 18.4 Å². The minimum absolute atomic E-state index is 0.0546. The molecule has 7 heteroatoms. The summed E-state index contributed by atoms with van der Waals surface area (Å²) in [6.07, 6.45) is 1.61. The van der Waals surface area contributed by atoms with Crippen LogP contribution in [-0.4, -0.2) is 22.8 Å². The minimum Gasteiger partial charge on any atom is -0.398 e. The largest absolute Gasteiger partial charge is 0.398 e. The number of amides is 2. The number of imide groups is 1. The van der Waals surface area contributed by atoms with Crippen LogP contribution in [0.25, 0.3) is 6.08 Å². The van der Waals surface area contributed by atoms with E-state index in [1.165, 1.54) is 13.0 Å². The zero-order valence-electron chi connectivity index (χ0n) is 11.3. The van der Waals surface area contributed by atoms with Crippen molar-refractivity contribution in [1.29, 1.82) is 0 Å². The summed E-state index contributed by atoms with van der Waals surface area (Å²) in [6, 6.07) is 4.84. The first kappa shape index (κ1) is 15.1. The van der Waals surface area contributed by atoms with Gasteiger partial charge in [0.15, 0.2) is 0 Å². The molecule has 0 bridgehead atoms. The van der Waals surface area contributed by atoms with E-state index in [1.807, 2.05) is 0 Å². The van der Waals surface area contributed by atoms with Crippen LogP contribution in [0.3, 0.4) is 0 Å². The third-order valence-corrected chi connectivity index (χ3v) is 3.16. The Bertz CT molecular complexity index is 638. The minimum atomic E-state index is -0.784. The lowest BCUT2D eigenvalue weighted by Crippen LogP contribution is -2.32. The summed E-state index contributed by atoms with van der Waals surface area (Å²) in [5, 5.41) is 0.989. The molecule has 2 amide bonds. The summed E-state index contributed by atoms with van der Waals surface area (Å²) in [7, 11) is 0. The van der Waals surface area contributed by atoms with Gasteiger partial charge in [0.05, 0.1) is 0 Å². The molecule has 1 heterocycles. The van der Waals surface area contributed by atoms with Crippen LogP contribution in [0.2, 0.25) is 5.02 Å². The van der Waals surface area contributed by atoms with Crippen molar-refractivity contribution < 1.29 is 19.2 Å². The fourth-order valence-corrected chi connectivity index (χ4v) is 1.96. The number of benzene rings is 1. The van der Waals surface area contributed by atoms with Crippen LogP contribution < -0.4 is 5.73 Å². The van der Waals surface area contributed by atoms with Gasteiger partial charge in [0, 0.05) is 29.1 Å². The third-order valence-electron chi connectivity index (χ3n) is 2.92. The van der Waals surface area contributed by atoms with Crippen molar-refractivity contribution >= 4 is 41.1 Å². The fourth-order valence-electron chi connectivity index (χ4n) is 1.78. The molecule has 0 spiro atoms. The number of hydrogen-bond acceptors (Lipinski definition) is 5. The predicted molar refractivity (Wildman–Crippen MR) is 76.7 cm³/mol. The Kier molecular flexibility index (Phi) is 4.28. The zero-order chi connectivity index (χ0) is 15.6. The monoisotopic (exact) mass is 308 g/mol. The van der Waals surface area contributed by atoms with Crippen molar-refractivity contribution in [3.8, 4) is 0 Å². The van der Waals surface area contributed by atoms with Gasteiger partial charge in [-0.1, -0.05) is 17.7 Å². The molecule has 0 saturated carbocycles. The van der Waals surface area contributed by atoms with Crippen molar-refractivity contribution in [3.05, 3.63) is 34.4 Å². The molecule has 21 heavy (non-hydrogen) atoms. The molecular formula is C14H13ClN2O4. The average Bonchev–Trinajstić information content (AvgIpc) is 2.73. The number of nitrogen functional groups attached to an aromatic ring is 1. The maximum absolute atomic E-state index is 11.9. The maximum atomic E-state index is 11.9. The Labute approximate surface area is 126 Å². The lowest BCUT2D eigenvalue weighted by Gasteiger charge is -2.12. The molecule has 1 fully saturated rings. The first-order chi connectivity index (χ1) is 9.88. The lowest BCUT2D eigenvalue weighted by molar-refractivity contribution is -0.194. The van der Waals surface area contributed by atoms with E-state index >= 15 is 0 Å². The van der Waals surface area contributed by atoms with Crippen LogP contribution in [0.4, 0.5) is 5.69 Å². The van der Waals surface area contributed by atoms with Gasteiger partial charge in [-0.2, -0.15) is 0 Å². The highest BCUT2D eigenvalue weighted by Crippen LogP contribution is 2.21. The van der Waals surface area contributed by atoms with Gasteiger partial charge in [0.1, 0.15) is 0 Å². The van der Waals surface area contributed by atoms with Gasteiger partial charge >= 0.3 is 5.97 Å². The number of carbonyl (C=O) groups is 3. The maximum Gasteiger partial charge on any atom is 0.359 e. The van der Waals surface area contributed by atoms with Gasteiger partial charge in [0.2, 0.25) is 0 Å². The third kappa shape index (κ3) is 3.41. The average molecular weight is 309 g/mol. The van der Waals surface area contributed by atoms with E-state index in [4.69, 9.17) is 22.2 Å². The Morgan fingerprint density at radius 2 is 1.95 bits per heavy atom. The van der Waals surface area contributed by atoms with Crippen molar-refractivity contribution in [2.24, 2.45) is 0 Å². The summed E-state index contributed by atoms with van der Waals surface area (Å²) < 4.78 is 0. The van der Waals surface area contributed by atoms with E-state index in [9.17, 15) is 14.4 Å². The van der Waals surface area contributed by atoms with E-state index in [2.05, 4.69) is 0 Å². The molecule has 2 N–H and O–H groups in total. The van der Waals surface area contributed by atoms with Gasteiger partial charge < -0.3 is 10.6 Å². The summed E-state index contributed by atoms with van der Waals surface area (Å²) in [5.41, 5.74) is 6.98. The molecule has 1 aliphatic heterocycles. The van der Waals surface area contributed by atoms with Gasteiger partial charge in [-0.05, 0) is 30.7 Å². The summed E-state index contributed by atoms with van der Waals surface area (Å²) in [5.74, 6) is -1.83. The summed E-state index contributed by atoms with van der Waals surface area (Å²) in [4.78, 5) is 39.4. The lowest BCUT2D eigenvalue weighted by atomic mass is 10.1. The highest BCUT2D eigenvalue weighted by Gasteiger charge is 2.33.